The number of carbonyl (C=O) groups is 1. The standard InChI is InChI=1S/C12H15ClN2O2/c13-9-2-4-10(5-3-9)15-11(16)14-8-12(17)6-1-7-12/h2-5,17H,1,6-8H2,(H2,14,15,16). The van der Waals surface area contributed by atoms with Crippen molar-refractivity contribution in [2.24, 2.45) is 0 Å². The predicted molar refractivity (Wildman–Crippen MR) is 67.3 cm³/mol. The molecule has 0 spiro atoms. The molecule has 0 bridgehead atoms. The summed E-state index contributed by atoms with van der Waals surface area (Å²) in [7, 11) is 0. The molecule has 1 fully saturated rings. The van der Waals surface area contributed by atoms with Gasteiger partial charge in [-0.1, -0.05) is 11.6 Å². The van der Waals surface area contributed by atoms with Gasteiger partial charge in [-0.3, -0.25) is 0 Å². The van der Waals surface area contributed by atoms with E-state index in [0.717, 1.165) is 19.3 Å². The lowest BCUT2D eigenvalue weighted by atomic mass is 9.80. The van der Waals surface area contributed by atoms with Gasteiger partial charge in [-0.05, 0) is 43.5 Å². The molecule has 5 heteroatoms. The molecule has 1 aromatic carbocycles. The van der Waals surface area contributed by atoms with E-state index >= 15 is 0 Å². The van der Waals surface area contributed by atoms with Crippen LogP contribution in [0, 0.1) is 0 Å². The van der Waals surface area contributed by atoms with E-state index in [-0.39, 0.29) is 6.03 Å². The lowest BCUT2D eigenvalue weighted by Gasteiger charge is -2.36. The van der Waals surface area contributed by atoms with Gasteiger partial charge in [0.2, 0.25) is 0 Å². The molecule has 0 radical (unpaired) electrons. The molecule has 1 aliphatic carbocycles. The van der Waals surface area contributed by atoms with Crippen molar-refractivity contribution in [3.8, 4) is 0 Å². The van der Waals surface area contributed by atoms with Gasteiger partial charge in [0.25, 0.3) is 0 Å². The van der Waals surface area contributed by atoms with Crippen LogP contribution in [0.15, 0.2) is 24.3 Å². The van der Waals surface area contributed by atoms with E-state index in [9.17, 15) is 9.90 Å². The number of aliphatic hydroxyl groups is 1. The Balaban J connectivity index is 1.79. The van der Waals surface area contributed by atoms with Gasteiger partial charge < -0.3 is 15.7 Å². The third-order valence-corrected chi connectivity index (χ3v) is 3.22. The van der Waals surface area contributed by atoms with Gasteiger partial charge in [0, 0.05) is 17.3 Å². The Morgan fingerprint density at radius 3 is 2.53 bits per heavy atom. The fourth-order valence-corrected chi connectivity index (χ4v) is 1.84. The van der Waals surface area contributed by atoms with Gasteiger partial charge in [-0.25, -0.2) is 4.79 Å². The molecule has 3 N–H and O–H groups in total. The summed E-state index contributed by atoms with van der Waals surface area (Å²) in [6.07, 6.45) is 2.54. The Kier molecular flexibility index (Phi) is 3.54. The Bertz CT molecular complexity index is 401. The minimum Gasteiger partial charge on any atom is -0.388 e. The minimum atomic E-state index is -0.697. The van der Waals surface area contributed by atoms with Crippen molar-refractivity contribution in [3.05, 3.63) is 29.3 Å². The molecular weight excluding hydrogens is 240 g/mol. The zero-order valence-corrected chi connectivity index (χ0v) is 10.1. The number of amides is 2. The van der Waals surface area contributed by atoms with Gasteiger partial charge in [0.15, 0.2) is 0 Å². The largest absolute Gasteiger partial charge is 0.388 e. The average molecular weight is 255 g/mol. The fourth-order valence-electron chi connectivity index (χ4n) is 1.71. The lowest BCUT2D eigenvalue weighted by molar-refractivity contribution is -0.0287. The minimum absolute atomic E-state index is 0.298. The Morgan fingerprint density at radius 1 is 1.35 bits per heavy atom. The zero-order valence-electron chi connectivity index (χ0n) is 9.37. The van der Waals surface area contributed by atoms with Crippen LogP contribution in [0.4, 0.5) is 10.5 Å². The molecule has 92 valence electrons. The van der Waals surface area contributed by atoms with Crippen LogP contribution < -0.4 is 10.6 Å². The number of urea groups is 1. The highest BCUT2D eigenvalue weighted by Gasteiger charge is 2.34. The van der Waals surface area contributed by atoms with E-state index in [1.807, 2.05) is 0 Å². The highest BCUT2D eigenvalue weighted by Crippen LogP contribution is 2.30. The molecule has 2 rings (SSSR count). The van der Waals surface area contributed by atoms with Crippen LogP contribution in [-0.2, 0) is 0 Å². The monoisotopic (exact) mass is 254 g/mol. The van der Waals surface area contributed by atoms with Gasteiger partial charge in [0.05, 0.1) is 5.60 Å². The van der Waals surface area contributed by atoms with Crippen LogP contribution >= 0.6 is 11.6 Å². The third-order valence-electron chi connectivity index (χ3n) is 2.96. The Hall–Kier alpha value is -1.26. The number of anilines is 1. The smallest absolute Gasteiger partial charge is 0.319 e. The average Bonchev–Trinajstić information content (AvgIpc) is 2.27. The van der Waals surface area contributed by atoms with Crippen LogP contribution in [0.5, 0.6) is 0 Å². The SMILES string of the molecule is O=C(NCC1(O)CCC1)Nc1ccc(Cl)cc1. The molecule has 1 aliphatic rings. The first-order valence-electron chi connectivity index (χ1n) is 5.60. The third kappa shape index (κ3) is 3.35. The molecule has 0 saturated heterocycles. The highest BCUT2D eigenvalue weighted by molar-refractivity contribution is 6.30. The van der Waals surface area contributed by atoms with Crippen LogP contribution in [-0.4, -0.2) is 23.3 Å². The Labute approximate surface area is 105 Å². The number of halogens is 1. The van der Waals surface area contributed by atoms with Crippen molar-refractivity contribution >= 4 is 23.3 Å². The lowest BCUT2D eigenvalue weighted by Crippen LogP contribution is -2.48. The number of rotatable bonds is 3. The van der Waals surface area contributed by atoms with Crippen molar-refractivity contribution < 1.29 is 9.90 Å². The van der Waals surface area contributed by atoms with Gasteiger partial charge in [-0.15, -0.1) is 0 Å². The second-order valence-corrected chi connectivity index (χ2v) is 4.83. The summed E-state index contributed by atoms with van der Waals surface area (Å²) in [6.45, 7) is 0.298. The summed E-state index contributed by atoms with van der Waals surface area (Å²) in [4.78, 5) is 11.5. The fraction of sp³-hybridized carbons (Fsp3) is 0.417. The molecule has 0 heterocycles. The van der Waals surface area contributed by atoms with Crippen LogP contribution in [0.25, 0.3) is 0 Å². The molecule has 0 aromatic heterocycles. The molecule has 2 amide bonds. The molecule has 1 saturated carbocycles. The highest BCUT2D eigenvalue weighted by atomic mass is 35.5. The van der Waals surface area contributed by atoms with E-state index in [1.165, 1.54) is 0 Å². The number of hydrogen-bond acceptors (Lipinski definition) is 2. The van der Waals surface area contributed by atoms with E-state index in [2.05, 4.69) is 10.6 Å². The first-order valence-corrected chi connectivity index (χ1v) is 5.98. The molecule has 0 unspecified atom stereocenters. The van der Waals surface area contributed by atoms with Crippen LogP contribution in [0.2, 0.25) is 5.02 Å². The van der Waals surface area contributed by atoms with Crippen molar-refractivity contribution in [1.29, 1.82) is 0 Å². The maximum absolute atomic E-state index is 11.5. The first-order chi connectivity index (χ1) is 8.07. The van der Waals surface area contributed by atoms with Crippen LogP contribution in [0.1, 0.15) is 19.3 Å². The van der Waals surface area contributed by atoms with E-state index < -0.39 is 5.60 Å². The van der Waals surface area contributed by atoms with Crippen molar-refractivity contribution in [1.82, 2.24) is 5.32 Å². The van der Waals surface area contributed by atoms with Crippen molar-refractivity contribution in [3.63, 3.8) is 0 Å². The zero-order chi connectivity index (χ0) is 12.3. The second-order valence-electron chi connectivity index (χ2n) is 4.39. The summed E-state index contributed by atoms with van der Waals surface area (Å²) in [5, 5.41) is 15.8. The number of nitrogens with one attached hydrogen (secondary N) is 2. The van der Waals surface area contributed by atoms with E-state index in [0.29, 0.717) is 17.3 Å². The number of hydrogen-bond donors (Lipinski definition) is 3. The Morgan fingerprint density at radius 2 is 2.00 bits per heavy atom. The predicted octanol–water partition coefficient (Wildman–Crippen LogP) is 2.38. The van der Waals surface area contributed by atoms with Crippen LogP contribution in [0.3, 0.4) is 0 Å². The number of benzene rings is 1. The maximum Gasteiger partial charge on any atom is 0.319 e. The van der Waals surface area contributed by atoms with Crippen molar-refractivity contribution in [2.75, 3.05) is 11.9 Å². The first kappa shape index (κ1) is 12.2. The molecule has 4 nitrogen and oxygen atoms in total. The summed E-state index contributed by atoms with van der Waals surface area (Å²) < 4.78 is 0. The summed E-state index contributed by atoms with van der Waals surface area (Å²) in [5.41, 5.74) is -0.0235. The topological polar surface area (TPSA) is 61.4 Å². The molecule has 0 aliphatic heterocycles. The molecule has 0 atom stereocenters. The number of carbonyl (C=O) groups excluding carboxylic acids is 1. The molecular formula is C12H15ClN2O2. The van der Waals surface area contributed by atoms with Gasteiger partial charge in [-0.2, -0.15) is 0 Å². The van der Waals surface area contributed by atoms with E-state index in [1.54, 1.807) is 24.3 Å². The van der Waals surface area contributed by atoms with Crippen molar-refractivity contribution in [2.45, 2.75) is 24.9 Å². The molecule has 17 heavy (non-hydrogen) atoms. The summed E-state index contributed by atoms with van der Waals surface area (Å²) >= 11 is 5.73. The second kappa shape index (κ2) is 4.94. The van der Waals surface area contributed by atoms with Gasteiger partial charge >= 0.3 is 6.03 Å². The molecule has 1 aromatic rings. The van der Waals surface area contributed by atoms with E-state index in [4.69, 9.17) is 11.6 Å². The normalized spacial score (nSPS) is 17.1. The van der Waals surface area contributed by atoms with Gasteiger partial charge in [0.1, 0.15) is 0 Å². The summed E-state index contributed by atoms with van der Waals surface area (Å²) in [6, 6.07) is 6.54. The maximum atomic E-state index is 11.5. The quantitative estimate of drug-likeness (QED) is 0.776. The summed E-state index contributed by atoms with van der Waals surface area (Å²) in [5.74, 6) is 0.